The molecule has 2 aliphatic heterocycles. The smallest absolute Gasteiger partial charge is 0.261 e. The molecule has 0 spiro atoms. The van der Waals surface area contributed by atoms with E-state index in [1.54, 1.807) is 12.1 Å². The van der Waals surface area contributed by atoms with E-state index in [4.69, 9.17) is 0 Å². The summed E-state index contributed by atoms with van der Waals surface area (Å²) >= 11 is 0. The lowest BCUT2D eigenvalue weighted by atomic mass is 9.89. The standard InChI is InChI=1S/C25H31F3N2.4C2H6/c1-18-6-8-21(9-7-18)19(2)22-4-3-5-23(26)24(22)30-13-10-20(11-14-30)16-29-15-12-25(27,28)17-29;4*1-2/h3-9,19-20H,10-17H2,1-2H3;4*1-2H3. The Morgan fingerprint density at radius 2 is 1.39 bits per heavy atom. The molecular weight excluding hydrogens is 481 g/mol. The molecule has 38 heavy (non-hydrogen) atoms. The van der Waals surface area contributed by atoms with Crippen LogP contribution in [0.25, 0.3) is 0 Å². The molecule has 2 aromatic carbocycles. The molecule has 2 saturated heterocycles. The molecular formula is C33H55F3N2. The lowest BCUT2D eigenvalue weighted by Gasteiger charge is -2.37. The summed E-state index contributed by atoms with van der Waals surface area (Å²) in [5.41, 5.74) is 4.11. The first kappa shape index (κ1) is 36.0. The number of benzene rings is 2. The summed E-state index contributed by atoms with van der Waals surface area (Å²) in [6, 6.07) is 13.8. The van der Waals surface area contributed by atoms with Gasteiger partial charge < -0.3 is 4.90 Å². The first-order valence-electron chi connectivity index (χ1n) is 15.0. The summed E-state index contributed by atoms with van der Waals surface area (Å²) in [4.78, 5) is 4.05. The Balaban J connectivity index is 0.00000157. The molecule has 2 aliphatic rings. The molecule has 218 valence electrons. The van der Waals surface area contributed by atoms with Gasteiger partial charge >= 0.3 is 0 Å². The van der Waals surface area contributed by atoms with Gasteiger partial charge in [0.05, 0.1) is 12.2 Å². The molecule has 0 saturated carbocycles. The maximum absolute atomic E-state index is 15.0. The highest BCUT2D eigenvalue weighted by Gasteiger charge is 2.39. The van der Waals surface area contributed by atoms with E-state index in [1.807, 2.05) is 66.4 Å². The van der Waals surface area contributed by atoms with Crippen LogP contribution in [0.5, 0.6) is 0 Å². The summed E-state index contributed by atoms with van der Waals surface area (Å²) in [6.45, 7) is 22.8. The quantitative estimate of drug-likeness (QED) is 0.375. The number of likely N-dealkylation sites (tertiary alicyclic amines) is 1. The number of alkyl halides is 2. The summed E-state index contributed by atoms with van der Waals surface area (Å²) in [5, 5.41) is 0. The average Bonchev–Trinajstić information content (AvgIpc) is 3.31. The van der Waals surface area contributed by atoms with Gasteiger partial charge in [-0.05, 0) is 42.9 Å². The minimum atomic E-state index is -2.53. The van der Waals surface area contributed by atoms with Crippen molar-refractivity contribution in [2.45, 2.75) is 100 Å². The van der Waals surface area contributed by atoms with Crippen LogP contribution < -0.4 is 4.90 Å². The van der Waals surface area contributed by atoms with Gasteiger partial charge in [0, 0.05) is 38.5 Å². The lowest BCUT2D eigenvalue weighted by Crippen LogP contribution is -2.39. The molecule has 0 radical (unpaired) electrons. The highest BCUT2D eigenvalue weighted by molar-refractivity contribution is 5.58. The van der Waals surface area contributed by atoms with Crippen LogP contribution in [0.1, 0.15) is 104 Å². The van der Waals surface area contributed by atoms with Crippen LogP contribution in [-0.2, 0) is 0 Å². The molecule has 2 aromatic rings. The lowest BCUT2D eigenvalue weighted by molar-refractivity contribution is 0.0105. The molecule has 1 unspecified atom stereocenters. The minimum Gasteiger partial charge on any atom is -0.369 e. The van der Waals surface area contributed by atoms with Crippen molar-refractivity contribution >= 4 is 5.69 Å². The fraction of sp³-hybridized carbons (Fsp3) is 0.636. The van der Waals surface area contributed by atoms with E-state index < -0.39 is 5.92 Å². The van der Waals surface area contributed by atoms with Crippen LogP contribution in [0.2, 0.25) is 0 Å². The van der Waals surface area contributed by atoms with E-state index in [-0.39, 0.29) is 24.7 Å². The van der Waals surface area contributed by atoms with Crippen LogP contribution >= 0.6 is 0 Å². The zero-order valence-electron chi connectivity index (χ0n) is 25.9. The number of aryl methyl sites for hydroxylation is 1. The molecule has 2 nitrogen and oxygen atoms in total. The van der Waals surface area contributed by atoms with Gasteiger partial charge in [-0.25, -0.2) is 13.2 Å². The van der Waals surface area contributed by atoms with Crippen LogP contribution in [0.3, 0.4) is 0 Å². The largest absolute Gasteiger partial charge is 0.369 e. The average molecular weight is 537 g/mol. The van der Waals surface area contributed by atoms with E-state index in [0.29, 0.717) is 18.2 Å². The molecule has 0 amide bonds. The normalized spacial score (nSPS) is 17.3. The number of rotatable bonds is 5. The predicted molar refractivity (Wildman–Crippen MR) is 161 cm³/mol. The number of hydrogen-bond donors (Lipinski definition) is 0. The number of hydrogen-bond acceptors (Lipinski definition) is 2. The monoisotopic (exact) mass is 536 g/mol. The van der Waals surface area contributed by atoms with Crippen molar-refractivity contribution in [2.75, 3.05) is 37.6 Å². The zero-order valence-corrected chi connectivity index (χ0v) is 25.9. The van der Waals surface area contributed by atoms with E-state index in [9.17, 15) is 13.2 Å². The summed E-state index contributed by atoms with van der Waals surface area (Å²) in [6.07, 6.45) is 1.80. The van der Waals surface area contributed by atoms with Gasteiger partial charge in [0.2, 0.25) is 0 Å². The highest BCUT2D eigenvalue weighted by atomic mass is 19.3. The van der Waals surface area contributed by atoms with Gasteiger partial charge in [-0.3, -0.25) is 4.90 Å². The van der Waals surface area contributed by atoms with Gasteiger partial charge in [-0.1, -0.05) is 104 Å². The first-order valence-corrected chi connectivity index (χ1v) is 15.0. The van der Waals surface area contributed by atoms with Crippen molar-refractivity contribution in [3.63, 3.8) is 0 Å². The molecule has 2 fully saturated rings. The fourth-order valence-electron chi connectivity index (χ4n) is 4.92. The third-order valence-electron chi connectivity index (χ3n) is 6.76. The van der Waals surface area contributed by atoms with Gasteiger partial charge in [0.25, 0.3) is 5.92 Å². The Morgan fingerprint density at radius 1 is 0.842 bits per heavy atom. The van der Waals surface area contributed by atoms with Crippen molar-refractivity contribution in [1.82, 2.24) is 4.90 Å². The van der Waals surface area contributed by atoms with Crippen LogP contribution in [-0.4, -0.2) is 43.5 Å². The second-order valence-electron chi connectivity index (χ2n) is 9.08. The summed E-state index contributed by atoms with van der Waals surface area (Å²) < 4.78 is 41.9. The van der Waals surface area contributed by atoms with Gasteiger partial charge in [0.15, 0.2) is 0 Å². The van der Waals surface area contributed by atoms with Crippen molar-refractivity contribution in [1.29, 1.82) is 0 Å². The van der Waals surface area contributed by atoms with E-state index in [2.05, 4.69) is 43.0 Å². The topological polar surface area (TPSA) is 6.48 Å². The number of halogens is 3. The minimum absolute atomic E-state index is 0.0265. The molecule has 5 heteroatoms. The molecule has 0 aromatic heterocycles. The van der Waals surface area contributed by atoms with E-state index in [0.717, 1.165) is 38.0 Å². The Morgan fingerprint density at radius 3 is 1.89 bits per heavy atom. The van der Waals surface area contributed by atoms with E-state index in [1.165, 1.54) is 11.1 Å². The van der Waals surface area contributed by atoms with E-state index >= 15 is 0 Å². The van der Waals surface area contributed by atoms with Gasteiger partial charge in [0.1, 0.15) is 5.82 Å². The maximum Gasteiger partial charge on any atom is 0.261 e. The number of piperidine rings is 1. The van der Waals surface area contributed by atoms with Crippen LogP contribution in [0, 0.1) is 18.7 Å². The third kappa shape index (κ3) is 10.6. The zero-order chi connectivity index (χ0) is 29.3. The van der Waals surface area contributed by atoms with Crippen LogP contribution in [0.4, 0.5) is 18.9 Å². The van der Waals surface area contributed by atoms with Gasteiger partial charge in [-0.2, -0.15) is 0 Å². The SMILES string of the molecule is CC.CC.CC.CC.Cc1ccc(C(C)c2cccc(F)c2N2CCC(CN3CCC(F)(F)C3)CC2)cc1. The summed E-state index contributed by atoms with van der Waals surface area (Å²) in [5.74, 6) is -2.21. The Kier molecular flexibility index (Phi) is 18.1. The number of nitrogens with zero attached hydrogens (tertiary/aromatic N) is 2. The predicted octanol–water partition coefficient (Wildman–Crippen LogP) is 9.95. The Labute approximate surface area is 232 Å². The van der Waals surface area contributed by atoms with Crippen molar-refractivity contribution < 1.29 is 13.2 Å². The molecule has 4 rings (SSSR count). The Hall–Kier alpha value is -2.01. The highest BCUT2D eigenvalue weighted by Crippen LogP contribution is 2.37. The molecule has 2 heterocycles. The van der Waals surface area contributed by atoms with Gasteiger partial charge in [-0.15, -0.1) is 0 Å². The molecule has 0 aliphatic carbocycles. The fourth-order valence-corrected chi connectivity index (χ4v) is 4.92. The third-order valence-corrected chi connectivity index (χ3v) is 6.76. The second kappa shape index (κ2) is 19.1. The maximum atomic E-state index is 15.0. The van der Waals surface area contributed by atoms with Crippen molar-refractivity contribution in [3.05, 3.63) is 65.0 Å². The Bertz CT molecular complexity index is 859. The van der Waals surface area contributed by atoms with Crippen LogP contribution in [0.15, 0.2) is 42.5 Å². The summed E-state index contributed by atoms with van der Waals surface area (Å²) in [7, 11) is 0. The number of para-hydroxylation sites is 1. The molecule has 0 bridgehead atoms. The van der Waals surface area contributed by atoms with Crippen molar-refractivity contribution in [2.24, 2.45) is 5.92 Å². The first-order chi connectivity index (χ1) is 18.3. The van der Waals surface area contributed by atoms with Crippen molar-refractivity contribution in [3.8, 4) is 0 Å². The molecule has 0 N–H and O–H groups in total. The number of anilines is 1. The second-order valence-corrected chi connectivity index (χ2v) is 9.08. The molecule has 1 atom stereocenters.